The Hall–Kier alpha value is -2.44. The number of nitrogens with one attached hydrogen (secondary N) is 2. The quantitative estimate of drug-likeness (QED) is 0.773. The molecule has 2 rings (SSSR count). The van der Waals surface area contributed by atoms with Crippen molar-refractivity contribution in [2.75, 3.05) is 18.5 Å². The van der Waals surface area contributed by atoms with Gasteiger partial charge in [0.05, 0.1) is 24.2 Å². The van der Waals surface area contributed by atoms with Crippen molar-refractivity contribution in [2.45, 2.75) is 20.3 Å². The van der Waals surface area contributed by atoms with Crippen LogP contribution in [-0.2, 0) is 11.2 Å². The van der Waals surface area contributed by atoms with Crippen LogP contribution in [0.5, 0.6) is 0 Å². The van der Waals surface area contributed by atoms with Crippen molar-refractivity contribution >= 4 is 11.9 Å². The third-order valence-corrected chi connectivity index (χ3v) is 2.71. The highest BCUT2D eigenvalue weighted by atomic mass is 16.5. The van der Waals surface area contributed by atoms with Gasteiger partial charge in [0, 0.05) is 31.1 Å². The molecule has 0 saturated carbocycles. The van der Waals surface area contributed by atoms with Crippen LogP contribution in [-0.4, -0.2) is 39.1 Å². The lowest BCUT2D eigenvalue weighted by molar-refractivity contribution is 0.0524. The van der Waals surface area contributed by atoms with E-state index in [4.69, 9.17) is 4.74 Å². The van der Waals surface area contributed by atoms with Crippen molar-refractivity contribution in [1.82, 2.24) is 19.9 Å². The molecular formula is C13H17N5O2. The van der Waals surface area contributed by atoms with Gasteiger partial charge in [-0.1, -0.05) is 0 Å². The molecule has 20 heavy (non-hydrogen) atoms. The summed E-state index contributed by atoms with van der Waals surface area (Å²) in [6, 6.07) is 0. The molecule has 2 aromatic heterocycles. The second-order valence-electron chi connectivity index (χ2n) is 4.17. The van der Waals surface area contributed by atoms with Crippen molar-refractivity contribution < 1.29 is 9.53 Å². The summed E-state index contributed by atoms with van der Waals surface area (Å²) < 4.78 is 4.93. The molecule has 0 spiro atoms. The van der Waals surface area contributed by atoms with Gasteiger partial charge < -0.3 is 15.0 Å². The molecule has 106 valence electrons. The summed E-state index contributed by atoms with van der Waals surface area (Å²) in [6.07, 6.45) is 5.70. The molecule has 0 radical (unpaired) electrons. The Labute approximate surface area is 116 Å². The Morgan fingerprint density at radius 2 is 2.30 bits per heavy atom. The molecule has 0 aliphatic rings. The van der Waals surface area contributed by atoms with Gasteiger partial charge in [-0.3, -0.25) is 0 Å². The average Bonchev–Trinajstić information content (AvgIpc) is 2.92. The second-order valence-corrected chi connectivity index (χ2v) is 4.17. The number of aromatic amines is 1. The van der Waals surface area contributed by atoms with Crippen LogP contribution in [0.2, 0.25) is 0 Å². The number of hydrogen-bond acceptors (Lipinski definition) is 6. The normalized spacial score (nSPS) is 10.3. The van der Waals surface area contributed by atoms with E-state index in [0.717, 1.165) is 12.1 Å². The lowest BCUT2D eigenvalue weighted by atomic mass is 10.2. The number of aromatic nitrogens is 4. The summed E-state index contributed by atoms with van der Waals surface area (Å²) in [5.74, 6) is 0.101. The molecule has 2 aromatic rings. The molecule has 0 fully saturated rings. The SMILES string of the molecule is CCOC(=O)c1cnc(NCCc2cnc[nH]2)nc1C. The number of ether oxygens (including phenoxy) is 1. The third kappa shape index (κ3) is 3.53. The van der Waals surface area contributed by atoms with Crippen LogP contribution >= 0.6 is 0 Å². The number of hydrogen-bond donors (Lipinski definition) is 2. The number of imidazole rings is 1. The van der Waals surface area contributed by atoms with Gasteiger partial charge >= 0.3 is 5.97 Å². The highest BCUT2D eigenvalue weighted by molar-refractivity contribution is 5.90. The number of anilines is 1. The number of aryl methyl sites for hydroxylation is 1. The molecule has 0 bridgehead atoms. The second kappa shape index (κ2) is 6.65. The van der Waals surface area contributed by atoms with Gasteiger partial charge in [-0.05, 0) is 13.8 Å². The number of rotatable bonds is 6. The van der Waals surface area contributed by atoms with E-state index in [-0.39, 0.29) is 0 Å². The van der Waals surface area contributed by atoms with E-state index in [1.165, 1.54) is 6.20 Å². The average molecular weight is 275 g/mol. The van der Waals surface area contributed by atoms with Crippen molar-refractivity contribution in [2.24, 2.45) is 0 Å². The molecule has 0 aromatic carbocycles. The van der Waals surface area contributed by atoms with E-state index >= 15 is 0 Å². The number of esters is 1. The molecule has 0 amide bonds. The first kappa shape index (κ1) is 14.0. The number of H-pyrrole nitrogens is 1. The zero-order valence-corrected chi connectivity index (χ0v) is 11.5. The van der Waals surface area contributed by atoms with Crippen LogP contribution in [0.1, 0.15) is 28.7 Å². The van der Waals surface area contributed by atoms with Gasteiger partial charge in [-0.25, -0.2) is 19.7 Å². The smallest absolute Gasteiger partial charge is 0.341 e. The molecule has 0 aliphatic carbocycles. The minimum absolute atomic E-state index is 0.336. The summed E-state index contributed by atoms with van der Waals surface area (Å²) >= 11 is 0. The fraction of sp³-hybridized carbons (Fsp3) is 0.385. The van der Waals surface area contributed by atoms with Gasteiger partial charge in [0.2, 0.25) is 5.95 Å². The van der Waals surface area contributed by atoms with E-state index in [1.54, 1.807) is 26.4 Å². The van der Waals surface area contributed by atoms with Crippen LogP contribution < -0.4 is 5.32 Å². The fourth-order valence-corrected chi connectivity index (χ4v) is 1.69. The monoisotopic (exact) mass is 275 g/mol. The van der Waals surface area contributed by atoms with Crippen molar-refractivity contribution in [1.29, 1.82) is 0 Å². The summed E-state index contributed by atoms with van der Waals surface area (Å²) in [4.78, 5) is 26.9. The lowest BCUT2D eigenvalue weighted by Crippen LogP contribution is -2.12. The van der Waals surface area contributed by atoms with Gasteiger partial charge in [-0.15, -0.1) is 0 Å². The standard InChI is InChI=1S/C13H17N5O2/c1-3-20-12(19)11-7-16-13(18-9(11)2)15-5-4-10-6-14-8-17-10/h6-8H,3-5H2,1-2H3,(H,14,17)(H,15,16,18). The minimum Gasteiger partial charge on any atom is -0.462 e. The van der Waals surface area contributed by atoms with Gasteiger partial charge in [0.15, 0.2) is 0 Å². The molecule has 7 nitrogen and oxygen atoms in total. The maximum atomic E-state index is 11.6. The predicted molar refractivity (Wildman–Crippen MR) is 73.5 cm³/mol. The first-order valence-corrected chi connectivity index (χ1v) is 6.42. The molecule has 2 N–H and O–H groups in total. The zero-order chi connectivity index (χ0) is 14.4. The van der Waals surface area contributed by atoms with E-state index in [2.05, 4.69) is 25.3 Å². The number of carbonyl (C=O) groups excluding carboxylic acids is 1. The van der Waals surface area contributed by atoms with E-state index < -0.39 is 5.97 Å². The molecule has 0 aliphatic heterocycles. The van der Waals surface area contributed by atoms with Crippen molar-refractivity contribution in [3.63, 3.8) is 0 Å². The number of carbonyl (C=O) groups is 1. The van der Waals surface area contributed by atoms with E-state index in [1.807, 2.05) is 0 Å². The van der Waals surface area contributed by atoms with E-state index in [9.17, 15) is 4.79 Å². The predicted octanol–water partition coefficient (Wildman–Crippen LogP) is 1.34. The lowest BCUT2D eigenvalue weighted by Gasteiger charge is -2.07. The van der Waals surface area contributed by atoms with E-state index in [0.29, 0.717) is 30.4 Å². The Morgan fingerprint density at radius 1 is 1.45 bits per heavy atom. The van der Waals surface area contributed by atoms with Crippen molar-refractivity contribution in [3.05, 3.63) is 35.7 Å². The Balaban J connectivity index is 1.93. The summed E-state index contributed by atoms with van der Waals surface area (Å²) in [6.45, 7) is 4.54. The molecule has 0 atom stereocenters. The molecular weight excluding hydrogens is 258 g/mol. The summed E-state index contributed by atoms with van der Waals surface area (Å²) in [7, 11) is 0. The first-order valence-electron chi connectivity index (χ1n) is 6.42. The maximum Gasteiger partial charge on any atom is 0.341 e. The summed E-state index contributed by atoms with van der Waals surface area (Å²) in [5.41, 5.74) is 2.03. The number of nitrogens with zero attached hydrogens (tertiary/aromatic N) is 3. The minimum atomic E-state index is -0.394. The highest BCUT2D eigenvalue weighted by Crippen LogP contribution is 2.08. The highest BCUT2D eigenvalue weighted by Gasteiger charge is 2.12. The summed E-state index contributed by atoms with van der Waals surface area (Å²) in [5, 5.41) is 3.10. The van der Waals surface area contributed by atoms with Crippen LogP contribution in [0, 0.1) is 6.92 Å². The Bertz CT molecular complexity index is 568. The van der Waals surface area contributed by atoms with Crippen LogP contribution in [0.25, 0.3) is 0 Å². The maximum absolute atomic E-state index is 11.6. The van der Waals surface area contributed by atoms with Crippen molar-refractivity contribution in [3.8, 4) is 0 Å². The van der Waals surface area contributed by atoms with Crippen LogP contribution in [0.4, 0.5) is 5.95 Å². The molecule has 2 heterocycles. The molecule has 0 saturated heterocycles. The van der Waals surface area contributed by atoms with Crippen LogP contribution in [0.3, 0.4) is 0 Å². The van der Waals surface area contributed by atoms with Crippen LogP contribution in [0.15, 0.2) is 18.7 Å². The van der Waals surface area contributed by atoms with Gasteiger partial charge in [0.25, 0.3) is 0 Å². The Kier molecular flexibility index (Phi) is 4.65. The topological polar surface area (TPSA) is 92.8 Å². The molecule has 7 heteroatoms. The molecule has 0 unspecified atom stereocenters. The van der Waals surface area contributed by atoms with Gasteiger partial charge in [-0.2, -0.15) is 0 Å². The first-order chi connectivity index (χ1) is 9.70. The largest absolute Gasteiger partial charge is 0.462 e. The third-order valence-electron chi connectivity index (χ3n) is 2.71. The zero-order valence-electron chi connectivity index (χ0n) is 11.5. The fourth-order valence-electron chi connectivity index (χ4n) is 1.69. The van der Waals surface area contributed by atoms with Gasteiger partial charge in [0.1, 0.15) is 0 Å². The Morgan fingerprint density at radius 3 is 2.95 bits per heavy atom.